The molecule has 1 saturated carbocycles. The maximum Gasteiger partial charge on any atom is 0.125 e. The van der Waals surface area contributed by atoms with E-state index >= 15 is 0 Å². The molecule has 2 nitrogen and oxygen atoms in total. The van der Waals surface area contributed by atoms with Crippen LogP contribution in [0.3, 0.4) is 0 Å². The molecule has 1 aliphatic rings. The Morgan fingerprint density at radius 3 is 2.37 bits per heavy atom. The van der Waals surface area contributed by atoms with E-state index in [9.17, 15) is 0 Å². The Hall–Kier alpha value is -1.02. The Kier molecular flexibility index (Phi) is 2.57. The van der Waals surface area contributed by atoms with E-state index in [-0.39, 0.29) is 10.8 Å². The van der Waals surface area contributed by atoms with Crippen LogP contribution in [0.4, 0.5) is 0 Å². The minimum Gasteiger partial charge on any atom is -0.323 e. The maximum atomic E-state index is 6.12. The first-order valence-corrected chi connectivity index (χ1v) is 7.37. The number of aryl methyl sites for hydroxylation is 1. The highest BCUT2D eigenvalue weighted by Gasteiger charge is 2.66. The van der Waals surface area contributed by atoms with Gasteiger partial charge >= 0.3 is 0 Å². The number of halogens is 1. The van der Waals surface area contributed by atoms with Gasteiger partial charge in [0.2, 0.25) is 0 Å². The number of nitrogens with zero attached hydrogens (tertiary/aromatic N) is 2. The highest BCUT2D eigenvalue weighted by molar-refractivity contribution is 6.16. The second-order valence-corrected chi connectivity index (χ2v) is 7.14. The van der Waals surface area contributed by atoms with Crippen molar-refractivity contribution in [3.05, 3.63) is 29.6 Å². The van der Waals surface area contributed by atoms with Gasteiger partial charge in [0.25, 0.3) is 0 Å². The van der Waals surface area contributed by atoms with Crippen LogP contribution in [0.15, 0.2) is 18.2 Å². The number of benzene rings is 1. The van der Waals surface area contributed by atoms with Crippen LogP contribution in [0.5, 0.6) is 0 Å². The summed E-state index contributed by atoms with van der Waals surface area (Å²) in [5, 5.41) is 0. The highest BCUT2D eigenvalue weighted by atomic mass is 35.5. The van der Waals surface area contributed by atoms with Crippen molar-refractivity contribution in [2.75, 3.05) is 0 Å². The zero-order valence-electron chi connectivity index (χ0n) is 12.3. The number of rotatable bonds is 2. The number of aromatic nitrogens is 2. The fraction of sp³-hybridized carbons (Fsp3) is 0.562. The quantitative estimate of drug-likeness (QED) is 0.728. The standard InChI is InChI=1S/C16H21ClN2/c1-10-6-7-11-12(8-10)19(13(9-17)18-11)14-15(2,3)16(14,4)5/h6-8,14H,9H2,1-5H3. The Labute approximate surface area is 119 Å². The summed E-state index contributed by atoms with van der Waals surface area (Å²) in [6.07, 6.45) is 0. The van der Waals surface area contributed by atoms with Crippen molar-refractivity contribution in [2.24, 2.45) is 10.8 Å². The molecule has 0 aliphatic heterocycles. The highest BCUT2D eigenvalue weighted by Crippen LogP contribution is 2.72. The molecule has 1 heterocycles. The first-order valence-electron chi connectivity index (χ1n) is 6.84. The second-order valence-electron chi connectivity index (χ2n) is 6.87. The van der Waals surface area contributed by atoms with E-state index in [4.69, 9.17) is 16.6 Å². The van der Waals surface area contributed by atoms with E-state index < -0.39 is 0 Å². The molecule has 1 aliphatic carbocycles. The third kappa shape index (κ3) is 1.59. The zero-order valence-corrected chi connectivity index (χ0v) is 13.0. The lowest BCUT2D eigenvalue weighted by atomic mass is 10.0. The van der Waals surface area contributed by atoms with Crippen molar-refractivity contribution in [3.63, 3.8) is 0 Å². The molecule has 3 rings (SSSR count). The van der Waals surface area contributed by atoms with Crippen molar-refractivity contribution in [1.29, 1.82) is 0 Å². The van der Waals surface area contributed by atoms with Gasteiger partial charge in [0.05, 0.1) is 16.9 Å². The molecule has 0 unspecified atom stereocenters. The molecule has 1 fully saturated rings. The molecule has 1 aromatic carbocycles. The van der Waals surface area contributed by atoms with E-state index in [0.717, 1.165) is 11.3 Å². The van der Waals surface area contributed by atoms with Crippen LogP contribution in [0.25, 0.3) is 11.0 Å². The predicted octanol–water partition coefficient (Wildman–Crippen LogP) is 4.69. The first kappa shape index (κ1) is 13.0. The monoisotopic (exact) mass is 276 g/mol. The summed E-state index contributed by atoms with van der Waals surface area (Å²) in [7, 11) is 0. The molecule has 102 valence electrons. The van der Waals surface area contributed by atoms with E-state index in [2.05, 4.69) is 57.4 Å². The minimum absolute atomic E-state index is 0.283. The van der Waals surface area contributed by atoms with Crippen molar-refractivity contribution < 1.29 is 0 Å². The van der Waals surface area contributed by atoms with Crippen molar-refractivity contribution >= 4 is 22.6 Å². The van der Waals surface area contributed by atoms with Gasteiger partial charge < -0.3 is 4.57 Å². The van der Waals surface area contributed by atoms with E-state index in [1.807, 2.05) is 0 Å². The van der Waals surface area contributed by atoms with Gasteiger partial charge in [-0.2, -0.15) is 0 Å². The van der Waals surface area contributed by atoms with Gasteiger partial charge in [0, 0.05) is 6.04 Å². The fourth-order valence-corrected chi connectivity index (χ4v) is 3.63. The number of imidazole rings is 1. The van der Waals surface area contributed by atoms with Crippen molar-refractivity contribution in [2.45, 2.75) is 46.5 Å². The molecule has 0 atom stereocenters. The lowest BCUT2D eigenvalue weighted by molar-refractivity contribution is 0.457. The summed E-state index contributed by atoms with van der Waals surface area (Å²) in [6.45, 7) is 11.4. The normalized spacial score (nSPS) is 20.9. The average molecular weight is 277 g/mol. The van der Waals surface area contributed by atoms with Gasteiger partial charge in [0.1, 0.15) is 5.82 Å². The molecule has 19 heavy (non-hydrogen) atoms. The van der Waals surface area contributed by atoms with Crippen LogP contribution >= 0.6 is 11.6 Å². The first-order chi connectivity index (χ1) is 8.80. The molecular weight excluding hydrogens is 256 g/mol. The van der Waals surface area contributed by atoms with Gasteiger partial charge in [-0.05, 0) is 35.4 Å². The largest absolute Gasteiger partial charge is 0.323 e. The molecule has 2 aromatic rings. The summed E-state index contributed by atoms with van der Waals surface area (Å²) >= 11 is 6.12. The van der Waals surface area contributed by atoms with Crippen LogP contribution in [0, 0.1) is 17.8 Å². The molecule has 3 heteroatoms. The second kappa shape index (κ2) is 3.76. The molecule has 0 bridgehead atoms. The Morgan fingerprint density at radius 2 is 1.84 bits per heavy atom. The van der Waals surface area contributed by atoms with Crippen LogP contribution in [-0.4, -0.2) is 9.55 Å². The molecule has 1 aromatic heterocycles. The number of hydrogen-bond donors (Lipinski definition) is 0. The van der Waals surface area contributed by atoms with Crippen LogP contribution in [0.2, 0.25) is 0 Å². The molecule has 0 radical (unpaired) electrons. The number of alkyl halides is 1. The molecule has 0 saturated heterocycles. The smallest absolute Gasteiger partial charge is 0.125 e. The van der Waals surface area contributed by atoms with E-state index in [1.165, 1.54) is 11.1 Å². The average Bonchev–Trinajstić information content (AvgIpc) is 2.63. The zero-order chi connectivity index (χ0) is 14.0. The van der Waals surface area contributed by atoms with Gasteiger partial charge in [0.15, 0.2) is 0 Å². The molecule has 0 N–H and O–H groups in total. The van der Waals surface area contributed by atoms with Gasteiger partial charge in [-0.1, -0.05) is 33.8 Å². The lowest BCUT2D eigenvalue weighted by Crippen LogP contribution is -2.05. The van der Waals surface area contributed by atoms with Gasteiger partial charge in [-0.3, -0.25) is 0 Å². The SMILES string of the molecule is Cc1ccc2nc(CCl)n(C3C(C)(C)C3(C)C)c2c1. The summed E-state index contributed by atoms with van der Waals surface area (Å²) in [5.74, 6) is 1.46. The van der Waals surface area contributed by atoms with E-state index in [0.29, 0.717) is 11.9 Å². The van der Waals surface area contributed by atoms with Crippen LogP contribution < -0.4 is 0 Å². The van der Waals surface area contributed by atoms with Crippen LogP contribution in [-0.2, 0) is 5.88 Å². The van der Waals surface area contributed by atoms with Crippen LogP contribution in [0.1, 0.15) is 45.1 Å². The third-order valence-corrected chi connectivity index (χ3v) is 5.48. The van der Waals surface area contributed by atoms with E-state index in [1.54, 1.807) is 0 Å². The fourth-order valence-electron chi connectivity index (χ4n) is 3.44. The molecule has 0 spiro atoms. The van der Waals surface area contributed by atoms with Crippen molar-refractivity contribution in [1.82, 2.24) is 9.55 Å². The summed E-state index contributed by atoms with van der Waals surface area (Å²) in [5.41, 5.74) is 4.11. The number of fused-ring (bicyclic) bond motifs is 1. The lowest BCUT2D eigenvalue weighted by Gasteiger charge is -2.10. The minimum atomic E-state index is 0.283. The van der Waals surface area contributed by atoms with Gasteiger partial charge in [-0.25, -0.2) is 4.98 Å². The van der Waals surface area contributed by atoms with Gasteiger partial charge in [-0.15, -0.1) is 11.6 Å². The Morgan fingerprint density at radius 1 is 1.21 bits per heavy atom. The predicted molar refractivity (Wildman–Crippen MR) is 80.6 cm³/mol. The third-order valence-electron chi connectivity index (χ3n) is 5.24. The summed E-state index contributed by atoms with van der Waals surface area (Å²) in [6, 6.07) is 6.91. The number of hydrogen-bond acceptors (Lipinski definition) is 1. The summed E-state index contributed by atoms with van der Waals surface area (Å²) in [4.78, 5) is 4.70. The maximum absolute atomic E-state index is 6.12. The Bertz CT molecular complexity index is 638. The Balaban J connectivity index is 2.26. The van der Waals surface area contributed by atoms with Crippen molar-refractivity contribution in [3.8, 4) is 0 Å². The summed E-state index contributed by atoms with van der Waals surface area (Å²) < 4.78 is 2.37. The molecule has 0 amide bonds. The molecular formula is C16H21ClN2. The topological polar surface area (TPSA) is 17.8 Å².